The van der Waals surface area contributed by atoms with Crippen LogP contribution in [0.5, 0.6) is 0 Å². The maximum atomic E-state index is 13.4. The third kappa shape index (κ3) is 8.02. The molecule has 0 heterocycles. The van der Waals surface area contributed by atoms with Crippen molar-refractivity contribution >= 4 is 29.6 Å². The summed E-state index contributed by atoms with van der Waals surface area (Å²) in [5, 5.41) is 2.48. The molecule has 0 aliphatic rings. The first-order valence-electron chi connectivity index (χ1n) is 7.73. The van der Waals surface area contributed by atoms with Gasteiger partial charge in [0.05, 0.1) is 12.9 Å². The number of hydrogen-bond acceptors (Lipinski definition) is 6. The van der Waals surface area contributed by atoms with Gasteiger partial charge >= 0.3 is 11.9 Å². The van der Waals surface area contributed by atoms with E-state index in [1.54, 1.807) is 18.2 Å². The highest BCUT2D eigenvalue weighted by Gasteiger charge is 2.23. The van der Waals surface area contributed by atoms with Crippen molar-refractivity contribution in [1.29, 1.82) is 0 Å². The molecule has 0 radical (unpaired) electrons. The number of halogens is 1. The van der Waals surface area contributed by atoms with Crippen LogP contribution in [-0.4, -0.2) is 43.4 Å². The molecule has 8 heteroatoms. The van der Waals surface area contributed by atoms with E-state index in [9.17, 15) is 18.8 Å². The molecule has 0 fully saturated rings. The highest BCUT2D eigenvalue weighted by molar-refractivity contribution is 8.00. The molecule has 0 aliphatic heterocycles. The quantitative estimate of drug-likeness (QED) is 0.529. The van der Waals surface area contributed by atoms with Crippen LogP contribution in [-0.2, 0) is 23.9 Å². The van der Waals surface area contributed by atoms with E-state index in [-0.39, 0.29) is 11.7 Å². The molecule has 1 amide bonds. The minimum atomic E-state index is -0.788. The zero-order valence-electron chi connectivity index (χ0n) is 14.4. The summed E-state index contributed by atoms with van der Waals surface area (Å²) in [5.74, 6) is -2.18. The first-order chi connectivity index (χ1) is 11.8. The maximum absolute atomic E-state index is 13.4. The number of hydrogen-bond donors (Lipinski definition) is 1. The number of esters is 2. The van der Waals surface area contributed by atoms with Gasteiger partial charge in [-0.25, -0.2) is 9.18 Å². The van der Waals surface area contributed by atoms with E-state index in [0.29, 0.717) is 11.3 Å². The Labute approximate surface area is 150 Å². The molecule has 1 aromatic carbocycles. The molecule has 0 aromatic heterocycles. The summed E-state index contributed by atoms with van der Waals surface area (Å²) in [6.45, 7) is 3.30. The van der Waals surface area contributed by atoms with Crippen molar-refractivity contribution in [2.75, 3.05) is 19.5 Å². The van der Waals surface area contributed by atoms with Gasteiger partial charge in [-0.05, 0) is 24.5 Å². The van der Waals surface area contributed by atoms with Gasteiger partial charge in [0.2, 0.25) is 0 Å². The van der Waals surface area contributed by atoms with Crippen molar-refractivity contribution in [3.05, 3.63) is 30.1 Å². The monoisotopic (exact) mass is 371 g/mol. The average molecular weight is 371 g/mol. The summed E-state index contributed by atoms with van der Waals surface area (Å²) >= 11 is 0.982. The Bertz CT molecular complexity index is 608. The summed E-state index contributed by atoms with van der Waals surface area (Å²) in [6, 6.07) is 5.27. The number of nitrogens with one attached hydrogen (secondary N) is 1. The molecule has 0 bridgehead atoms. The predicted molar refractivity (Wildman–Crippen MR) is 91.5 cm³/mol. The molecule has 1 rings (SSSR count). The van der Waals surface area contributed by atoms with Crippen LogP contribution >= 0.6 is 11.8 Å². The molecule has 1 N–H and O–H groups in total. The van der Waals surface area contributed by atoms with E-state index in [1.807, 2.05) is 13.8 Å². The maximum Gasteiger partial charge on any atom is 0.328 e. The van der Waals surface area contributed by atoms with Gasteiger partial charge in [0.1, 0.15) is 11.9 Å². The summed E-state index contributed by atoms with van der Waals surface area (Å²) in [5.41, 5.74) is 0. The van der Waals surface area contributed by atoms with Gasteiger partial charge in [-0.2, -0.15) is 0 Å². The molecule has 6 nitrogen and oxygen atoms in total. The van der Waals surface area contributed by atoms with Crippen molar-refractivity contribution in [3.8, 4) is 0 Å². The van der Waals surface area contributed by atoms with Crippen molar-refractivity contribution in [2.45, 2.75) is 31.2 Å². The van der Waals surface area contributed by atoms with E-state index < -0.39 is 36.3 Å². The fourth-order valence-corrected chi connectivity index (χ4v) is 2.69. The summed E-state index contributed by atoms with van der Waals surface area (Å²) < 4.78 is 22.9. The molecular weight excluding hydrogens is 349 g/mol. The lowest BCUT2D eigenvalue weighted by Crippen LogP contribution is -2.44. The number of thioether (sulfide) groups is 1. The van der Waals surface area contributed by atoms with Crippen molar-refractivity contribution in [3.63, 3.8) is 0 Å². The standard InChI is InChI=1S/C17H22FNO5S/c1-11(2)8-13(17(22)23-3)19-15(20)9-24-16(21)10-25-14-7-5-4-6-12(14)18/h4-7,11,13H,8-10H2,1-3H3,(H,19,20)/t13-/m0/s1. The minimum Gasteiger partial charge on any atom is -0.467 e. The molecule has 25 heavy (non-hydrogen) atoms. The first-order valence-corrected chi connectivity index (χ1v) is 8.72. The third-order valence-corrected chi connectivity index (χ3v) is 4.10. The average Bonchev–Trinajstić information content (AvgIpc) is 2.57. The van der Waals surface area contributed by atoms with Gasteiger partial charge in [0, 0.05) is 4.90 Å². The fourth-order valence-electron chi connectivity index (χ4n) is 1.95. The van der Waals surface area contributed by atoms with Gasteiger partial charge in [0.15, 0.2) is 6.61 Å². The topological polar surface area (TPSA) is 81.7 Å². The van der Waals surface area contributed by atoms with Crippen LogP contribution in [0.2, 0.25) is 0 Å². The highest BCUT2D eigenvalue weighted by atomic mass is 32.2. The molecule has 0 spiro atoms. The number of ether oxygens (including phenoxy) is 2. The number of carbonyl (C=O) groups is 3. The first kappa shape index (κ1) is 21.0. The highest BCUT2D eigenvalue weighted by Crippen LogP contribution is 2.20. The number of amides is 1. The van der Waals surface area contributed by atoms with Crippen molar-refractivity contribution in [1.82, 2.24) is 5.32 Å². The predicted octanol–water partition coefficient (Wildman–Crippen LogP) is 2.16. The summed E-state index contributed by atoms with van der Waals surface area (Å²) in [6.07, 6.45) is 0.412. The lowest BCUT2D eigenvalue weighted by atomic mass is 10.0. The molecule has 1 aromatic rings. The summed E-state index contributed by atoms with van der Waals surface area (Å²) in [7, 11) is 1.24. The largest absolute Gasteiger partial charge is 0.467 e. The number of methoxy groups -OCH3 is 1. The van der Waals surface area contributed by atoms with Gasteiger partial charge in [-0.1, -0.05) is 26.0 Å². The van der Waals surface area contributed by atoms with Crippen LogP contribution in [0, 0.1) is 11.7 Å². The molecule has 138 valence electrons. The van der Waals surface area contributed by atoms with Gasteiger partial charge in [-0.15, -0.1) is 11.8 Å². The molecular formula is C17H22FNO5S. The second-order valence-electron chi connectivity index (χ2n) is 5.65. The van der Waals surface area contributed by atoms with Crippen LogP contribution in [0.4, 0.5) is 4.39 Å². The molecule has 0 saturated heterocycles. The smallest absolute Gasteiger partial charge is 0.328 e. The van der Waals surface area contributed by atoms with E-state index in [2.05, 4.69) is 10.1 Å². The Balaban J connectivity index is 2.40. The summed E-state index contributed by atoms with van der Waals surface area (Å²) in [4.78, 5) is 35.4. The second-order valence-corrected chi connectivity index (χ2v) is 6.67. The van der Waals surface area contributed by atoms with E-state index in [0.717, 1.165) is 11.8 Å². The molecule has 0 aliphatic carbocycles. The van der Waals surface area contributed by atoms with Crippen molar-refractivity contribution < 1.29 is 28.2 Å². The lowest BCUT2D eigenvalue weighted by molar-refractivity contribution is -0.149. The Morgan fingerprint density at radius 1 is 1.24 bits per heavy atom. The second kappa shape index (κ2) is 10.7. The third-order valence-electron chi connectivity index (χ3n) is 3.07. The van der Waals surface area contributed by atoms with Crippen LogP contribution in [0.1, 0.15) is 20.3 Å². The Hall–Kier alpha value is -2.09. The zero-order valence-corrected chi connectivity index (χ0v) is 15.2. The number of carbonyl (C=O) groups excluding carboxylic acids is 3. The van der Waals surface area contributed by atoms with Crippen LogP contribution in [0.15, 0.2) is 29.2 Å². The van der Waals surface area contributed by atoms with Crippen LogP contribution < -0.4 is 5.32 Å². The minimum absolute atomic E-state index is 0.124. The zero-order chi connectivity index (χ0) is 18.8. The van der Waals surface area contributed by atoms with Gasteiger partial charge in [0.25, 0.3) is 5.91 Å². The normalized spacial score (nSPS) is 11.7. The van der Waals surface area contributed by atoms with Crippen LogP contribution in [0.3, 0.4) is 0 Å². The Kier molecular flexibility index (Phi) is 8.98. The number of rotatable bonds is 9. The van der Waals surface area contributed by atoms with Crippen LogP contribution in [0.25, 0.3) is 0 Å². The SMILES string of the molecule is COC(=O)[C@H](CC(C)C)NC(=O)COC(=O)CSc1ccccc1F. The Morgan fingerprint density at radius 3 is 2.52 bits per heavy atom. The molecule has 0 unspecified atom stereocenters. The number of benzene rings is 1. The fraction of sp³-hybridized carbons (Fsp3) is 0.471. The van der Waals surface area contributed by atoms with E-state index >= 15 is 0 Å². The van der Waals surface area contributed by atoms with Gasteiger partial charge in [-0.3, -0.25) is 9.59 Å². The lowest BCUT2D eigenvalue weighted by Gasteiger charge is -2.18. The van der Waals surface area contributed by atoms with E-state index in [4.69, 9.17) is 4.74 Å². The Morgan fingerprint density at radius 2 is 1.92 bits per heavy atom. The molecule has 0 saturated carbocycles. The van der Waals surface area contributed by atoms with Crippen molar-refractivity contribution in [2.24, 2.45) is 5.92 Å². The molecule has 1 atom stereocenters. The van der Waals surface area contributed by atoms with E-state index in [1.165, 1.54) is 13.2 Å². The van der Waals surface area contributed by atoms with Gasteiger partial charge < -0.3 is 14.8 Å².